The Balaban J connectivity index is 1.59. The van der Waals surface area contributed by atoms with Crippen molar-refractivity contribution in [3.63, 3.8) is 0 Å². The van der Waals surface area contributed by atoms with Gasteiger partial charge in [-0.3, -0.25) is 9.69 Å². The van der Waals surface area contributed by atoms with Gasteiger partial charge < -0.3 is 10.0 Å². The highest BCUT2D eigenvalue weighted by Crippen LogP contribution is 2.29. The second-order valence-corrected chi connectivity index (χ2v) is 6.57. The van der Waals surface area contributed by atoms with E-state index in [1.54, 1.807) is 0 Å². The zero-order valence-electron chi connectivity index (χ0n) is 12.9. The van der Waals surface area contributed by atoms with Crippen LogP contribution in [0.15, 0.2) is 18.2 Å². The number of aryl methyl sites for hydroxylation is 1. The number of carboxylic acids is 1. The molecule has 0 spiro atoms. The molecule has 114 valence electrons. The van der Waals surface area contributed by atoms with Crippen molar-refractivity contribution in [3.05, 3.63) is 29.3 Å². The zero-order chi connectivity index (χ0) is 15.0. The number of fused-ring (bicyclic) bond motifs is 1. The fraction of sp³-hybridized carbons (Fsp3) is 0.588. The molecule has 1 atom stereocenters. The van der Waals surface area contributed by atoms with Gasteiger partial charge in [-0.25, -0.2) is 0 Å². The van der Waals surface area contributed by atoms with Crippen molar-refractivity contribution < 1.29 is 9.90 Å². The molecule has 2 aliphatic rings. The molecule has 3 rings (SSSR count). The van der Waals surface area contributed by atoms with Crippen LogP contribution >= 0.6 is 0 Å². The van der Waals surface area contributed by atoms with Gasteiger partial charge in [-0.2, -0.15) is 0 Å². The van der Waals surface area contributed by atoms with Crippen molar-refractivity contribution >= 4 is 11.7 Å². The van der Waals surface area contributed by atoms with Crippen LogP contribution in [0.5, 0.6) is 0 Å². The maximum absolute atomic E-state index is 11.0. The van der Waals surface area contributed by atoms with Crippen LogP contribution in [0.1, 0.15) is 24.5 Å². The van der Waals surface area contributed by atoms with E-state index in [0.717, 1.165) is 26.2 Å². The fourth-order valence-corrected chi connectivity index (χ4v) is 3.45. The summed E-state index contributed by atoms with van der Waals surface area (Å²) < 4.78 is 0. The molecule has 2 heterocycles. The normalized spacial score (nSPS) is 20.8. The molecule has 2 aliphatic heterocycles. The molecule has 1 unspecified atom stereocenters. The molecular weight excluding hydrogens is 264 g/mol. The first-order valence-corrected chi connectivity index (χ1v) is 7.82. The lowest BCUT2D eigenvalue weighted by atomic mass is 9.86. The van der Waals surface area contributed by atoms with Gasteiger partial charge in [0.2, 0.25) is 0 Å². The SMILES string of the molecule is CC(C(=O)O)C1CN(Cc2ccc3c(c2)CCCN3C)C1. The number of rotatable bonds is 4. The molecule has 0 radical (unpaired) electrons. The number of benzene rings is 1. The number of likely N-dealkylation sites (tertiary alicyclic amines) is 1. The number of hydrogen-bond acceptors (Lipinski definition) is 3. The van der Waals surface area contributed by atoms with Gasteiger partial charge in [0.05, 0.1) is 5.92 Å². The molecule has 0 saturated carbocycles. The van der Waals surface area contributed by atoms with E-state index in [4.69, 9.17) is 5.11 Å². The van der Waals surface area contributed by atoms with E-state index in [1.165, 1.54) is 29.7 Å². The summed E-state index contributed by atoms with van der Waals surface area (Å²) in [4.78, 5) is 15.6. The first-order chi connectivity index (χ1) is 10.0. The number of carbonyl (C=O) groups is 1. The zero-order valence-corrected chi connectivity index (χ0v) is 12.9. The summed E-state index contributed by atoms with van der Waals surface area (Å²) in [6.45, 7) is 5.72. The number of nitrogens with zero attached hydrogens (tertiary/aromatic N) is 2. The van der Waals surface area contributed by atoms with E-state index in [2.05, 4.69) is 35.0 Å². The highest BCUT2D eigenvalue weighted by molar-refractivity contribution is 5.70. The summed E-state index contributed by atoms with van der Waals surface area (Å²) in [7, 11) is 2.16. The van der Waals surface area contributed by atoms with E-state index < -0.39 is 5.97 Å². The third-order valence-corrected chi connectivity index (χ3v) is 4.98. The third-order valence-electron chi connectivity index (χ3n) is 4.98. The molecule has 1 fully saturated rings. The van der Waals surface area contributed by atoms with Crippen LogP contribution in [0, 0.1) is 11.8 Å². The van der Waals surface area contributed by atoms with Crippen molar-refractivity contribution in [2.24, 2.45) is 11.8 Å². The number of aliphatic carboxylic acids is 1. The summed E-state index contributed by atoms with van der Waals surface area (Å²) in [5.41, 5.74) is 4.17. The van der Waals surface area contributed by atoms with Crippen LogP contribution in [0.4, 0.5) is 5.69 Å². The predicted octanol–water partition coefficient (Wildman–Crippen LogP) is 2.22. The first kappa shape index (κ1) is 14.4. The van der Waals surface area contributed by atoms with E-state index in [1.807, 2.05) is 6.92 Å². The highest BCUT2D eigenvalue weighted by Gasteiger charge is 2.34. The fourth-order valence-electron chi connectivity index (χ4n) is 3.45. The van der Waals surface area contributed by atoms with E-state index in [9.17, 15) is 4.79 Å². The maximum Gasteiger partial charge on any atom is 0.306 e. The Hall–Kier alpha value is -1.55. The Morgan fingerprint density at radius 1 is 1.43 bits per heavy atom. The van der Waals surface area contributed by atoms with Crippen LogP contribution < -0.4 is 4.90 Å². The second-order valence-electron chi connectivity index (χ2n) is 6.57. The first-order valence-electron chi connectivity index (χ1n) is 7.82. The Kier molecular flexibility index (Phi) is 3.89. The molecule has 0 amide bonds. The smallest absolute Gasteiger partial charge is 0.306 e. The van der Waals surface area contributed by atoms with Gasteiger partial charge in [0.15, 0.2) is 0 Å². The molecule has 4 nitrogen and oxygen atoms in total. The molecule has 1 saturated heterocycles. The van der Waals surface area contributed by atoms with E-state index in [-0.39, 0.29) is 5.92 Å². The lowest BCUT2D eigenvalue weighted by Gasteiger charge is -2.41. The maximum atomic E-state index is 11.0. The van der Waals surface area contributed by atoms with Crippen molar-refractivity contribution in [1.29, 1.82) is 0 Å². The molecule has 1 aromatic rings. The van der Waals surface area contributed by atoms with Gasteiger partial charge in [-0.05, 0) is 36.0 Å². The molecule has 1 N–H and O–H groups in total. The number of carboxylic acid groups (broad SMARTS) is 1. The molecular formula is C17H24N2O2. The Morgan fingerprint density at radius 2 is 2.19 bits per heavy atom. The molecule has 1 aromatic carbocycles. The summed E-state index contributed by atoms with van der Waals surface area (Å²) in [5, 5.41) is 9.03. The van der Waals surface area contributed by atoms with E-state index in [0.29, 0.717) is 5.92 Å². The largest absolute Gasteiger partial charge is 0.481 e. The molecule has 4 heteroatoms. The van der Waals surface area contributed by atoms with Gasteiger partial charge in [0.1, 0.15) is 0 Å². The summed E-state index contributed by atoms with van der Waals surface area (Å²) in [6, 6.07) is 6.79. The predicted molar refractivity (Wildman–Crippen MR) is 83.6 cm³/mol. The molecule has 21 heavy (non-hydrogen) atoms. The van der Waals surface area contributed by atoms with Gasteiger partial charge in [-0.15, -0.1) is 0 Å². The molecule has 0 bridgehead atoms. The molecule has 0 aromatic heterocycles. The summed E-state index contributed by atoms with van der Waals surface area (Å²) in [6.07, 6.45) is 2.40. The van der Waals surface area contributed by atoms with Crippen LogP contribution in [0.3, 0.4) is 0 Å². The summed E-state index contributed by atoms with van der Waals surface area (Å²) in [5.74, 6) is -0.582. The summed E-state index contributed by atoms with van der Waals surface area (Å²) >= 11 is 0. The Labute approximate surface area is 126 Å². The van der Waals surface area contributed by atoms with Gasteiger partial charge in [-0.1, -0.05) is 19.1 Å². The lowest BCUT2D eigenvalue weighted by molar-refractivity contribution is -0.145. The van der Waals surface area contributed by atoms with E-state index >= 15 is 0 Å². The van der Waals surface area contributed by atoms with Crippen LogP contribution in [-0.2, 0) is 17.8 Å². The minimum absolute atomic E-state index is 0.224. The molecule has 0 aliphatic carbocycles. The van der Waals surface area contributed by atoms with Crippen LogP contribution in [-0.4, -0.2) is 42.7 Å². The standard InChI is InChI=1S/C17H24N2O2/c1-12(17(20)21)15-10-19(11-15)9-13-5-6-16-14(8-13)4-3-7-18(16)2/h5-6,8,12,15H,3-4,7,9-11H2,1-2H3,(H,20,21). The van der Waals surface area contributed by atoms with Crippen molar-refractivity contribution in [2.75, 3.05) is 31.6 Å². The quantitative estimate of drug-likeness (QED) is 0.922. The van der Waals surface area contributed by atoms with Crippen molar-refractivity contribution in [2.45, 2.75) is 26.3 Å². The minimum atomic E-state index is -0.670. The van der Waals surface area contributed by atoms with Gasteiger partial charge in [0, 0.05) is 38.9 Å². The monoisotopic (exact) mass is 288 g/mol. The van der Waals surface area contributed by atoms with Gasteiger partial charge in [0.25, 0.3) is 0 Å². The minimum Gasteiger partial charge on any atom is -0.481 e. The van der Waals surface area contributed by atoms with Crippen LogP contribution in [0.25, 0.3) is 0 Å². The lowest BCUT2D eigenvalue weighted by Crippen LogP contribution is -2.50. The Morgan fingerprint density at radius 3 is 2.90 bits per heavy atom. The Bertz CT molecular complexity index is 538. The van der Waals surface area contributed by atoms with Crippen molar-refractivity contribution in [3.8, 4) is 0 Å². The van der Waals surface area contributed by atoms with Crippen LogP contribution in [0.2, 0.25) is 0 Å². The third kappa shape index (κ3) is 2.91. The second kappa shape index (κ2) is 5.68. The average Bonchev–Trinajstić information content (AvgIpc) is 2.41. The topological polar surface area (TPSA) is 43.8 Å². The van der Waals surface area contributed by atoms with Crippen molar-refractivity contribution in [1.82, 2.24) is 4.90 Å². The highest BCUT2D eigenvalue weighted by atomic mass is 16.4. The average molecular weight is 288 g/mol. The number of hydrogen-bond donors (Lipinski definition) is 1. The van der Waals surface area contributed by atoms with Gasteiger partial charge >= 0.3 is 5.97 Å². The number of anilines is 1.